The van der Waals surface area contributed by atoms with Gasteiger partial charge in [-0.05, 0) is 12.6 Å². The lowest BCUT2D eigenvalue weighted by molar-refractivity contribution is 0.505. The zero-order valence-electron chi connectivity index (χ0n) is 4.25. The molecule has 1 saturated heterocycles. The molecule has 8 heavy (non-hydrogen) atoms. The van der Waals surface area contributed by atoms with E-state index in [-0.39, 0.29) is 14.6 Å². The van der Waals surface area contributed by atoms with E-state index in [1.165, 1.54) is 0 Å². The molecule has 5 heteroatoms. The van der Waals surface area contributed by atoms with Crippen LogP contribution in [0.3, 0.4) is 0 Å². The molecule has 1 heterocycles. The summed E-state index contributed by atoms with van der Waals surface area (Å²) in [6.07, 6.45) is 1.67. The fraction of sp³-hybridized carbons (Fsp3) is 1.00. The van der Waals surface area contributed by atoms with Crippen LogP contribution in [0.2, 0.25) is 0 Å². The van der Waals surface area contributed by atoms with E-state index in [9.17, 15) is 8.42 Å². The topological polar surface area (TPSA) is 43.4 Å². The predicted octanol–water partition coefficient (Wildman–Crippen LogP) is 0.330. The average Bonchev–Trinajstić information content (AvgIpc) is 1.65. The molecule has 3 nitrogen and oxygen atoms in total. The van der Waals surface area contributed by atoms with E-state index >= 15 is 0 Å². The van der Waals surface area contributed by atoms with Gasteiger partial charge in [0.2, 0.25) is 0 Å². The van der Waals surface area contributed by atoms with Crippen LogP contribution in [0.1, 0.15) is 6.42 Å². The van der Waals surface area contributed by atoms with E-state index in [1.54, 1.807) is 0 Å². The second kappa shape index (κ2) is 2.29. The Kier molecular flexibility index (Phi) is 1.85. The van der Waals surface area contributed by atoms with Gasteiger partial charge in [-0.3, -0.25) is 3.97 Å². The van der Waals surface area contributed by atoms with Crippen molar-refractivity contribution >= 4 is 18.9 Å². The summed E-state index contributed by atoms with van der Waals surface area (Å²) in [5.74, 6) is 0.208. The van der Waals surface area contributed by atoms with Gasteiger partial charge in [-0.1, -0.05) is 0 Å². The van der Waals surface area contributed by atoms with Gasteiger partial charge in [-0.25, -0.2) is 0 Å². The lowest BCUT2D eigenvalue weighted by Crippen LogP contribution is -2.11. The smallest absolute Gasteiger partial charge is 0.251 e. The van der Waals surface area contributed by atoms with Crippen LogP contribution in [0.25, 0.3) is 0 Å². The summed E-state index contributed by atoms with van der Waals surface area (Å²) in [5, 5.41) is 0. The second-order valence-electron chi connectivity index (χ2n) is 1.59. The molecular weight excluding hydrogens is 147 g/mol. The van der Waals surface area contributed by atoms with Crippen LogP contribution in [0.15, 0.2) is 0 Å². The van der Waals surface area contributed by atoms with Crippen molar-refractivity contribution in [3.05, 3.63) is 0 Å². The van der Waals surface area contributed by atoms with E-state index in [0.29, 0.717) is 0 Å². The fourth-order valence-corrected chi connectivity index (χ4v) is 2.95. The van der Waals surface area contributed by atoms with Gasteiger partial charge in [-0.2, -0.15) is 8.42 Å². The molecule has 1 atom stereocenters. The third-order valence-corrected chi connectivity index (χ3v) is 3.69. The molecule has 1 fully saturated rings. The molecule has 0 aromatic rings. The van der Waals surface area contributed by atoms with E-state index in [1.807, 2.05) is 0 Å². The van der Waals surface area contributed by atoms with Crippen LogP contribution in [0.5, 0.6) is 0 Å². The van der Waals surface area contributed by atoms with E-state index in [4.69, 9.17) is 0 Å². The van der Waals surface area contributed by atoms with Crippen LogP contribution in [-0.4, -0.2) is 20.3 Å². The van der Waals surface area contributed by atoms with Gasteiger partial charge < -0.3 is 0 Å². The summed E-state index contributed by atoms with van der Waals surface area (Å²) < 4.78 is 25.3. The van der Waals surface area contributed by atoms with Crippen molar-refractivity contribution in [3.63, 3.8) is 0 Å². The van der Waals surface area contributed by atoms with E-state index in [0.717, 1.165) is 12.6 Å². The van der Waals surface area contributed by atoms with Crippen LogP contribution < -0.4 is 0 Å². The highest BCUT2D eigenvalue weighted by Crippen LogP contribution is 2.23. The Labute approximate surface area is 50.4 Å². The molecule has 1 rings (SSSR count). The normalized spacial score (nSPS) is 30.5. The van der Waals surface area contributed by atoms with Crippen LogP contribution in [0.4, 0.5) is 0 Å². The Balaban J connectivity index is 2.58. The standard InChI is InChI=1S/C3H7O3PS/c4-8(5)3-1-2-7-6-8/h7H,1-3H2. The minimum absolute atomic E-state index is 0.165. The summed E-state index contributed by atoms with van der Waals surface area (Å²) in [6, 6.07) is 0. The molecule has 0 saturated carbocycles. The third-order valence-electron chi connectivity index (χ3n) is 0.859. The first-order chi connectivity index (χ1) is 3.71. The summed E-state index contributed by atoms with van der Waals surface area (Å²) in [6.45, 7) is 0. The van der Waals surface area contributed by atoms with Crippen molar-refractivity contribution in [2.75, 3.05) is 11.9 Å². The van der Waals surface area contributed by atoms with Crippen LogP contribution in [0, 0.1) is 0 Å². The molecule has 0 aromatic carbocycles. The first-order valence-corrected chi connectivity index (χ1v) is 5.04. The lowest BCUT2D eigenvalue weighted by Gasteiger charge is -2.08. The molecule has 0 radical (unpaired) electrons. The molecule has 0 amide bonds. The van der Waals surface area contributed by atoms with Gasteiger partial charge in [0.1, 0.15) is 0 Å². The molecule has 1 aliphatic heterocycles. The molecule has 0 spiro atoms. The van der Waals surface area contributed by atoms with Crippen molar-refractivity contribution < 1.29 is 12.4 Å². The van der Waals surface area contributed by atoms with Gasteiger partial charge in [-0.15, -0.1) is 0 Å². The summed E-state index contributed by atoms with van der Waals surface area (Å²) in [4.78, 5) is 0. The van der Waals surface area contributed by atoms with Gasteiger partial charge in [0.05, 0.1) is 5.75 Å². The first kappa shape index (κ1) is 6.46. The predicted molar refractivity (Wildman–Crippen MR) is 32.7 cm³/mol. The third kappa shape index (κ3) is 1.69. The highest BCUT2D eigenvalue weighted by atomic mass is 32.2. The van der Waals surface area contributed by atoms with Gasteiger partial charge in [0.15, 0.2) is 0 Å². The summed E-state index contributed by atoms with van der Waals surface area (Å²) in [7, 11) is -2.91. The molecule has 1 unspecified atom stereocenters. The van der Waals surface area contributed by atoms with Gasteiger partial charge >= 0.3 is 0 Å². The minimum atomic E-state index is -3.07. The van der Waals surface area contributed by atoms with Crippen molar-refractivity contribution in [1.82, 2.24) is 0 Å². The van der Waals surface area contributed by atoms with Crippen molar-refractivity contribution in [1.29, 1.82) is 0 Å². The maximum absolute atomic E-state index is 10.4. The zero-order valence-corrected chi connectivity index (χ0v) is 6.07. The highest BCUT2D eigenvalue weighted by Gasteiger charge is 2.14. The van der Waals surface area contributed by atoms with Gasteiger partial charge in [0, 0.05) is 8.81 Å². The van der Waals surface area contributed by atoms with E-state index in [2.05, 4.69) is 3.97 Å². The highest BCUT2D eigenvalue weighted by molar-refractivity contribution is 7.89. The quantitative estimate of drug-likeness (QED) is 0.472. The number of hydrogen-bond donors (Lipinski definition) is 0. The Morgan fingerprint density at radius 1 is 1.50 bits per heavy atom. The monoisotopic (exact) mass is 154 g/mol. The average molecular weight is 154 g/mol. The molecule has 0 aliphatic carbocycles. The molecule has 48 valence electrons. The molecule has 1 aliphatic rings. The van der Waals surface area contributed by atoms with Crippen LogP contribution in [-0.2, 0) is 14.1 Å². The molecule has 0 N–H and O–H groups in total. The van der Waals surface area contributed by atoms with Crippen LogP contribution >= 0.6 is 8.81 Å². The minimum Gasteiger partial charge on any atom is -0.251 e. The fourth-order valence-electron chi connectivity index (χ4n) is 0.494. The second-order valence-corrected chi connectivity index (χ2v) is 4.57. The van der Waals surface area contributed by atoms with Crippen molar-refractivity contribution in [3.8, 4) is 0 Å². The number of rotatable bonds is 0. The lowest BCUT2D eigenvalue weighted by atomic mass is 10.6. The zero-order chi connectivity index (χ0) is 6.04. The Bertz CT molecular complexity index is 149. The van der Waals surface area contributed by atoms with E-state index < -0.39 is 10.1 Å². The first-order valence-electron chi connectivity index (χ1n) is 2.35. The molecular formula is C3H7O3PS. The summed E-state index contributed by atoms with van der Waals surface area (Å²) >= 11 is 0. The van der Waals surface area contributed by atoms with Crippen molar-refractivity contribution in [2.24, 2.45) is 0 Å². The van der Waals surface area contributed by atoms with Crippen molar-refractivity contribution in [2.45, 2.75) is 6.42 Å². The Hall–Kier alpha value is 0.340. The Morgan fingerprint density at radius 2 is 2.25 bits per heavy atom. The Morgan fingerprint density at radius 3 is 2.50 bits per heavy atom. The molecule has 0 aromatic heterocycles. The maximum Gasteiger partial charge on any atom is 0.270 e. The molecule has 0 bridgehead atoms. The van der Waals surface area contributed by atoms with Gasteiger partial charge in [0.25, 0.3) is 10.1 Å². The largest absolute Gasteiger partial charge is 0.270 e. The number of hydrogen-bond acceptors (Lipinski definition) is 3. The SMILES string of the molecule is O=S1(=O)CCCPO1. The summed E-state index contributed by atoms with van der Waals surface area (Å²) in [5.41, 5.74) is 0. The maximum atomic E-state index is 10.4.